The lowest BCUT2D eigenvalue weighted by molar-refractivity contribution is -0.132. The zero-order chi connectivity index (χ0) is 14.5. The molecule has 0 aromatic heterocycles. The Bertz CT molecular complexity index is 289. The minimum absolute atomic E-state index is 0.264. The minimum atomic E-state index is -4.67. The minimum Gasteiger partial charge on any atom is -0.478 e. The number of hydrogen-bond donors (Lipinski definition) is 4. The van der Waals surface area contributed by atoms with E-state index in [9.17, 15) is 4.79 Å². The summed E-state index contributed by atoms with van der Waals surface area (Å²) in [5, 5.41) is 11.2. The van der Waals surface area contributed by atoms with Gasteiger partial charge in [0, 0.05) is 5.57 Å². The summed E-state index contributed by atoms with van der Waals surface area (Å²) in [6.45, 7) is 11.4. The second-order valence-electron chi connectivity index (χ2n) is 2.67. The smallest absolute Gasteiger partial charge is 0.394 e. The van der Waals surface area contributed by atoms with Crippen molar-refractivity contribution in [1.29, 1.82) is 0 Å². The predicted octanol–water partition coefficient (Wildman–Crippen LogP) is 1.00. The maximum atomic E-state index is 9.83. The van der Waals surface area contributed by atoms with Gasteiger partial charge < -0.3 is 10.4 Å². The topological polar surface area (TPSA) is 124 Å². The molecule has 0 fully saturated rings. The van der Waals surface area contributed by atoms with Gasteiger partial charge in [0.2, 0.25) is 0 Å². The van der Waals surface area contributed by atoms with Gasteiger partial charge in [0.1, 0.15) is 0 Å². The average molecular weight is 271 g/mol. The van der Waals surface area contributed by atoms with Crippen molar-refractivity contribution >= 4 is 16.4 Å². The third-order valence-electron chi connectivity index (χ3n) is 1.23. The highest BCUT2D eigenvalue weighted by molar-refractivity contribution is 7.79. The molecule has 0 radical (unpaired) electrons. The van der Waals surface area contributed by atoms with Crippen molar-refractivity contribution in [2.75, 3.05) is 13.1 Å². The molecule has 104 valence electrons. The Kier molecular flexibility index (Phi) is 16.5. The van der Waals surface area contributed by atoms with Crippen LogP contribution < -0.4 is 5.32 Å². The summed E-state index contributed by atoms with van der Waals surface area (Å²) in [4.78, 5) is 9.83. The first-order chi connectivity index (χ1) is 7.59. The van der Waals surface area contributed by atoms with Crippen LogP contribution in [0.2, 0.25) is 0 Å². The lowest BCUT2D eigenvalue weighted by Crippen LogP contribution is -2.09. The second-order valence-corrected chi connectivity index (χ2v) is 3.56. The third kappa shape index (κ3) is 51.6. The van der Waals surface area contributed by atoms with Gasteiger partial charge >= 0.3 is 16.4 Å². The van der Waals surface area contributed by atoms with Crippen LogP contribution >= 0.6 is 0 Å². The van der Waals surface area contributed by atoms with Gasteiger partial charge in [0.25, 0.3) is 0 Å². The van der Waals surface area contributed by atoms with Crippen LogP contribution in [0, 0.1) is 0 Å². The molecular formula is C9H21NO6S. The molecule has 0 aliphatic heterocycles. The normalized spacial score (nSPS) is 9.24. The Morgan fingerprint density at radius 3 is 1.47 bits per heavy atom. The van der Waals surface area contributed by atoms with Gasteiger partial charge in [-0.3, -0.25) is 9.11 Å². The second kappa shape index (κ2) is 13.1. The van der Waals surface area contributed by atoms with Crippen LogP contribution in [-0.2, 0) is 15.2 Å². The number of nitrogens with one attached hydrogen (secondary N) is 1. The van der Waals surface area contributed by atoms with Crippen molar-refractivity contribution in [2.45, 2.75) is 27.2 Å². The van der Waals surface area contributed by atoms with E-state index in [0.29, 0.717) is 6.42 Å². The summed E-state index contributed by atoms with van der Waals surface area (Å²) >= 11 is 0. The zero-order valence-electron chi connectivity index (χ0n) is 10.3. The fourth-order valence-electron chi connectivity index (χ4n) is 0.401. The quantitative estimate of drug-likeness (QED) is 0.444. The number of carbonyl (C=O) groups is 1. The monoisotopic (exact) mass is 271 g/mol. The molecule has 17 heavy (non-hydrogen) atoms. The average Bonchev–Trinajstić information content (AvgIpc) is 2.16. The van der Waals surface area contributed by atoms with Crippen LogP contribution in [0.25, 0.3) is 0 Å². The van der Waals surface area contributed by atoms with Crippen molar-refractivity contribution in [3.05, 3.63) is 12.2 Å². The van der Waals surface area contributed by atoms with E-state index in [0.717, 1.165) is 13.1 Å². The van der Waals surface area contributed by atoms with Gasteiger partial charge in [-0.15, -0.1) is 0 Å². The molecule has 0 amide bonds. The zero-order valence-corrected chi connectivity index (χ0v) is 11.1. The van der Waals surface area contributed by atoms with E-state index in [1.54, 1.807) is 6.92 Å². The molecular weight excluding hydrogens is 250 g/mol. The Hall–Kier alpha value is -0.960. The highest BCUT2D eigenvalue weighted by Crippen LogP contribution is 1.93. The van der Waals surface area contributed by atoms with Crippen molar-refractivity contribution in [1.82, 2.24) is 5.32 Å². The molecule has 0 rings (SSSR count). The lowest BCUT2D eigenvalue weighted by atomic mass is 10.2. The molecule has 7 nitrogen and oxygen atoms in total. The van der Waals surface area contributed by atoms with Crippen LogP contribution in [0.3, 0.4) is 0 Å². The fraction of sp³-hybridized carbons (Fsp3) is 0.667. The molecule has 0 atom stereocenters. The van der Waals surface area contributed by atoms with Gasteiger partial charge in [-0.2, -0.15) is 8.42 Å². The van der Waals surface area contributed by atoms with E-state index >= 15 is 0 Å². The number of rotatable bonds is 4. The maximum absolute atomic E-state index is 9.83. The van der Waals surface area contributed by atoms with Crippen LogP contribution in [0.1, 0.15) is 27.2 Å². The molecule has 0 bridgehead atoms. The van der Waals surface area contributed by atoms with E-state index in [4.69, 9.17) is 22.6 Å². The Labute approximate surface area is 102 Å². The summed E-state index contributed by atoms with van der Waals surface area (Å²) < 4.78 is 31.6. The molecule has 0 spiro atoms. The first-order valence-electron chi connectivity index (χ1n) is 4.91. The molecule has 0 aliphatic carbocycles. The van der Waals surface area contributed by atoms with Crippen LogP contribution in [0.4, 0.5) is 0 Å². The molecule has 0 saturated heterocycles. The maximum Gasteiger partial charge on any atom is 0.394 e. The van der Waals surface area contributed by atoms with Crippen LogP contribution in [0.15, 0.2) is 12.2 Å². The van der Waals surface area contributed by atoms with Crippen LogP contribution in [0.5, 0.6) is 0 Å². The van der Waals surface area contributed by atoms with E-state index in [1.165, 1.54) is 0 Å². The van der Waals surface area contributed by atoms with E-state index in [-0.39, 0.29) is 5.57 Å². The van der Waals surface area contributed by atoms with Crippen molar-refractivity contribution in [2.24, 2.45) is 0 Å². The van der Waals surface area contributed by atoms with Crippen molar-refractivity contribution < 1.29 is 27.4 Å². The summed E-state index contributed by atoms with van der Waals surface area (Å²) in [6.07, 6.45) is 0.523. The Balaban J connectivity index is -0.000000177. The number of hydrogen-bond acceptors (Lipinski definition) is 4. The summed E-state index contributed by atoms with van der Waals surface area (Å²) in [5.74, 6) is -0.900. The van der Waals surface area contributed by atoms with Gasteiger partial charge in [0.15, 0.2) is 0 Å². The largest absolute Gasteiger partial charge is 0.478 e. The lowest BCUT2D eigenvalue weighted by Gasteiger charge is -1.87. The van der Waals surface area contributed by atoms with Gasteiger partial charge in [-0.1, -0.05) is 27.4 Å². The SMILES string of the molecule is C=C(CC)C(=O)O.CCNCC.O=S(=O)(O)O. The first-order valence-corrected chi connectivity index (χ1v) is 6.31. The summed E-state index contributed by atoms with van der Waals surface area (Å²) in [7, 11) is -4.67. The standard InChI is InChI=1S/C5H8O2.C4H11N.H2O4S/c1-3-4(2)5(6)7;1-3-5-4-2;1-5(2,3)4/h2-3H2,1H3,(H,6,7);5H,3-4H2,1-2H3;(H2,1,2,3,4). The predicted molar refractivity (Wildman–Crippen MR) is 65.5 cm³/mol. The molecule has 0 aromatic rings. The van der Waals surface area contributed by atoms with E-state index in [1.807, 2.05) is 0 Å². The molecule has 0 unspecified atom stereocenters. The highest BCUT2D eigenvalue weighted by Gasteiger charge is 1.96. The van der Waals surface area contributed by atoms with Crippen LogP contribution in [-0.4, -0.2) is 41.7 Å². The molecule has 0 saturated carbocycles. The number of aliphatic carboxylic acids is 1. The molecule has 0 aromatic carbocycles. The van der Waals surface area contributed by atoms with Gasteiger partial charge in [-0.25, -0.2) is 4.79 Å². The van der Waals surface area contributed by atoms with Gasteiger partial charge in [-0.05, 0) is 19.5 Å². The fourth-order valence-corrected chi connectivity index (χ4v) is 0.401. The summed E-state index contributed by atoms with van der Waals surface area (Å²) in [6, 6.07) is 0. The molecule has 0 heterocycles. The van der Waals surface area contributed by atoms with Crippen molar-refractivity contribution in [3.63, 3.8) is 0 Å². The van der Waals surface area contributed by atoms with E-state index in [2.05, 4.69) is 25.7 Å². The Morgan fingerprint density at radius 2 is 1.47 bits per heavy atom. The van der Waals surface area contributed by atoms with E-state index < -0.39 is 16.4 Å². The Morgan fingerprint density at radius 1 is 1.18 bits per heavy atom. The third-order valence-corrected chi connectivity index (χ3v) is 1.23. The van der Waals surface area contributed by atoms with Crippen molar-refractivity contribution in [3.8, 4) is 0 Å². The summed E-state index contributed by atoms with van der Waals surface area (Å²) in [5.41, 5.74) is 0.264. The number of carboxylic acids is 1. The van der Waals surface area contributed by atoms with Gasteiger partial charge in [0.05, 0.1) is 0 Å². The highest BCUT2D eigenvalue weighted by atomic mass is 32.3. The molecule has 8 heteroatoms. The number of carboxylic acid groups (broad SMARTS) is 1. The molecule has 0 aliphatic rings. The molecule has 4 N–H and O–H groups in total. The first kappa shape index (κ1) is 21.3.